The number of rotatable bonds is 8. The molecule has 2 atom stereocenters. The van der Waals surface area contributed by atoms with E-state index in [1.807, 2.05) is 6.92 Å². The lowest BCUT2D eigenvalue weighted by Gasteiger charge is -2.15. The minimum Gasteiger partial charge on any atom is -0.378 e. The van der Waals surface area contributed by atoms with E-state index >= 15 is 0 Å². The summed E-state index contributed by atoms with van der Waals surface area (Å²) in [5, 5.41) is 2.80. The molecule has 5 heteroatoms. The maximum Gasteiger partial charge on any atom is 0.226 e. The molecule has 0 radical (unpaired) electrons. The molecule has 1 rings (SSSR count). The molecule has 21 heavy (non-hydrogen) atoms. The monoisotopic (exact) mass is 311 g/mol. The Labute approximate surface area is 129 Å². The zero-order chi connectivity index (χ0) is 15.8. The summed E-state index contributed by atoms with van der Waals surface area (Å²) in [5.74, 6) is 0.497. The third kappa shape index (κ3) is 7.39. The van der Waals surface area contributed by atoms with Crippen LogP contribution < -0.4 is 5.32 Å². The molecule has 1 aromatic carbocycles. The first kappa shape index (κ1) is 17.9. The van der Waals surface area contributed by atoms with Gasteiger partial charge in [0.2, 0.25) is 5.91 Å². The highest BCUT2D eigenvalue weighted by molar-refractivity contribution is 7.84. The zero-order valence-electron chi connectivity index (χ0n) is 13.2. The molecule has 0 aromatic heterocycles. The first-order valence-corrected chi connectivity index (χ1v) is 8.79. The van der Waals surface area contributed by atoms with Gasteiger partial charge in [0.1, 0.15) is 0 Å². The molecule has 0 spiro atoms. The van der Waals surface area contributed by atoms with Gasteiger partial charge in [-0.05, 0) is 37.5 Å². The smallest absolute Gasteiger partial charge is 0.226 e. The molecular formula is C16H25NO3S. The molecule has 1 amide bonds. The van der Waals surface area contributed by atoms with Crippen molar-refractivity contribution in [3.63, 3.8) is 0 Å². The number of ether oxygens (including phenoxy) is 1. The third-order valence-electron chi connectivity index (χ3n) is 2.98. The van der Waals surface area contributed by atoms with Gasteiger partial charge in [-0.2, -0.15) is 0 Å². The fraction of sp³-hybridized carbons (Fsp3) is 0.562. The number of hydrogen-bond donors (Lipinski definition) is 1. The molecule has 0 saturated heterocycles. The highest BCUT2D eigenvalue weighted by Crippen LogP contribution is 2.13. The highest BCUT2D eigenvalue weighted by atomic mass is 32.2. The summed E-state index contributed by atoms with van der Waals surface area (Å²) < 4.78 is 17.0. The Bertz CT molecular complexity index is 488. The Morgan fingerprint density at radius 1 is 1.33 bits per heavy atom. The maximum absolute atomic E-state index is 11.8. The lowest BCUT2D eigenvalue weighted by atomic mass is 10.1. The summed E-state index contributed by atoms with van der Waals surface area (Å²) in [6, 6.07) is 7.09. The van der Waals surface area contributed by atoms with E-state index in [0.29, 0.717) is 29.5 Å². The third-order valence-corrected chi connectivity index (χ3v) is 3.90. The fourth-order valence-corrected chi connectivity index (χ4v) is 2.62. The minimum absolute atomic E-state index is 0.0919. The van der Waals surface area contributed by atoms with E-state index in [4.69, 9.17) is 4.74 Å². The Kier molecular flexibility index (Phi) is 7.61. The molecule has 0 aliphatic heterocycles. The van der Waals surface area contributed by atoms with Gasteiger partial charge in [0.15, 0.2) is 0 Å². The molecule has 0 aliphatic rings. The van der Waals surface area contributed by atoms with Gasteiger partial charge in [0.05, 0.1) is 19.1 Å². The fourth-order valence-electron chi connectivity index (χ4n) is 2.06. The van der Waals surface area contributed by atoms with Crippen LogP contribution in [0.2, 0.25) is 0 Å². The van der Waals surface area contributed by atoms with Gasteiger partial charge < -0.3 is 10.1 Å². The SMILES string of the molecule is CC(C)CC(C)OCCC(=O)Nc1cccc(S(C)=O)c1. The van der Waals surface area contributed by atoms with Crippen molar-refractivity contribution in [2.45, 2.75) is 44.6 Å². The molecule has 1 aromatic rings. The topological polar surface area (TPSA) is 55.4 Å². The summed E-state index contributed by atoms with van der Waals surface area (Å²) in [4.78, 5) is 12.5. The van der Waals surface area contributed by atoms with E-state index in [2.05, 4.69) is 19.2 Å². The van der Waals surface area contributed by atoms with Crippen LogP contribution in [0.25, 0.3) is 0 Å². The predicted octanol–water partition coefficient (Wildman–Crippen LogP) is 3.20. The van der Waals surface area contributed by atoms with Crippen LogP contribution in [0.15, 0.2) is 29.2 Å². The van der Waals surface area contributed by atoms with Gasteiger partial charge in [-0.3, -0.25) is 9.00 Å². The van der Waals surface area contributed by atoms with Crippen LogP contribution in [0.1, 0.15) is 33.6 Å². The molecule has 4 nitrogen and oxygen atoms in total. The van der Waals surface area contributed by atoms with Crippen molar-refractivity contribution in [2.75, 3.05) is 18.2 Å². The second kappa shape index (κ2) is 8.95. The van der Waals surface area contributed by atoms with Gasteiger partial charge in [0, 0.05) is 27.6 Å². The van der Waals surface area contributed by atoms with Crippen LogP contribution in [-0.2, 0) is 20.3 Å². The minimum atomic E-state index is -1.05. The molecule has 0 aliphatic carbocycles. The van der Waals surface area contributed by atoms with Crippen LogP contribution in [0.3, 0.4) is 0 Å². The Morgan fingerprint density at radius 3 is 2.67 bits per heavy atom. The Hall–Kier alpha value is -1.20. The molecule has 2 unspecified atom stereocenters. The van der Waals surface area contributed by atoms with Crippen LogP contribution >= 0.6 is 0 Å². The van der Waals surface area contributed by atoms with Crippen molar-refractivity contribution < 1.29 is 13.7 Å². The summed E-state index contributed by atoms with van der Waals surface area (Å²) >= 11 is 0. The molecule has 0 saturated carbocycles. The Balaban J connectivity index is 2.37. The van der Waals surface area contributed by atoms with Crippen molar-refractivity contribution in [2.24, 2.45) is 5.92 Å². The van der Waals surface area contributed by atoms with Gasteiger partial charge in [0.25, 0.3) is 0 Å². The normalized spacial score (nSPS) is 14.0. The average Bonchev–Trinajstić information content (AvgIpc) is 2.37. The van der Waals surface area contributed by atoms with Gasteiger partial charge in [-0.15, -0.1) is 0 Å². The van der Waals surface area contributed by atoms with E-state index in [9.17, 15) is 9.00 Å². The second-order valence-electron chi connectivity index (χ2n) is 5.59. The second-order valence-corrected chi connectivity index (χ2v) is 6.97. The van der Waals surface area contributed by atoms with E-state index in [0.717, 1.165) is 6.42 Å². The summed E-state index contributed by atoms with van der Waals surface area (Å²) in [7, 11) is -1.05. The van der Waals surface area contributed by atoms with Gasteiger partial charge in [-0.25, -0.2) is 0 Å². The van der Waals surface area contributed by atoms with Crippen molar-refractivity contribution in [3.05, 3.63) is 24.3 Å². The summed E-state index contributed by atoms with van der Waals surface area (Å²) in [6.45, 7) is 6.74. The van der Waals surface area contributed by atoms with Gasteiger partial charge in [-0.1, -0.05) is 19.9 Å². The van der Waals surface area contributed by atoms with Crippen LogP contribution in [0.5, 0.6) is 0 Å². The molecule has 1 N–H and O–H groups in total. The number of benzene rings is 1. The Morgan fingerprint density at radius 2 is 2.05 bits per heavy atom. The first-order chi connectivity index (χ1) is 9.88. The number of amides is 1. The number of nitrogens with one attached hydrogen (secondary N) is 1. The number of anilines is 1. The number of carbonyl (C=O) groups is 1. The number of carbonyl (C=O) groups excluding carboxylic acids is 1. The molecule has 0 heterocycles. The van der Waals surface area contributed by atoms with Crippen LogP contribution in [0, 0.1) is 5.92 Å². The van der Waals surface area contributed by atoms with Crippen molar-refractivity contribution in [3.8, 4) is 0 Å². The predicted molar refractivity (Wildman–Crippen MR) is 86.9 cm³/mol. The van der Waals surface area contributed by atoms with Crippen molar-refractivity contribution in [1.29, 1.82) is 0 Å². The molecule has 0 bridgehead atoms. The van der Waals surface area contributed by atoms with E-state index in [-0.39, 0.29) is 12.0 Å². The highest BCUT2D eigenvalue weighted by Gasteiger charge is 2.08. The lowest BCUT2D eigenvalue weighted by Crippen LogP contribution is -2.18. The van der Waals surface area contributed by atoms with Crippen molar-refractivity contribution >= 4 is 22.4 Å². The molecule has 118 valence electrons. The van der Waals surface area contributed by atoms with Gasteiger partial charge >= 0.3 is 0 Å². The molecular weight excluding hydrogens is 286 g/mol. The number of hydrogen-bond acceptors (Lipinski definition) is 3. The van der Waals surface area contributed by atoms with Crippen LogP contribution in [-0.4, -0.2) is 29.1 Å². The average molecular weight is 311 g/mol. The van der Waals surface area contributed by atoms with E-state index in [1.165, 1.54) is 0 Å². The van der Waals surface area contributed by atoms with Crippen LogP contribution in [0.4, 0.5) is 5.69 Å². The first-order valence-electron chi connectivity index (χ1n) is 7.23. The zero-order valence-corrected chi connectivity index (χ0v) is 14.0. The lowest BCUT2D eigenvalue weighted by molar-refractivity contribution is -0.117. The standard InChI is InChI=1S/C16H25NO3S/c1-12(2)10-13(3)20-9-8-16(18)17-14-6-5-7-15(11-14)21(4)19/h5-7,11-13H,8-10H2,1-4H3,(H,17,18). The quantitative estimate of drug-likeness (QED) is 0.802. The molecule has 0 fully saturated rings. The largest absolute Gasteiger partial charge is 0.378 e. The van der Waals surface area contributed by atoms with E-state index in [1.54, 1.807) is 30.5 Å². The summed E-state index contributed by atoms with van der Waals surface area (Å²) in [6.07, 6.45) is 3.10. The maximum atomic E-state index is 11.8. The summed E-state index contributed by atoms with van der Waals surface area (Å²) in [5.41, 5.74) is 0.669. The van der Waals surface area contributed by atoms with E-state index < -0.39 is 10.8 Å². The van der Waals surface area contributed by atoms with Crippen molar-refractivity contribution in [1.82, 2.24) is 0 Å².